The third-order valence-electron chi connectivity index (χ3n) is 4.17. The molecule has 1 aliphatic heterocycles. The van der Waals surface area contributed by atoms with Crippen LogP contribution >= 0.6 is 0 Å². The van der Waals surface area contributed by atoms with Crippen LogP contribution in [0.15, 0.2) is 0 Å². The van der Waals surface area contributed by atoms with E-state index in [1.54, 1.807) is 0 Å². The summed E-state index contributed by atoms with van der Waals surface area (Å²) in [6.07, 6.45) is 4.31. The molecule has 1 atom stereocenters. The molecule has 16 heavy (non-hydrogen) atoms. The molecule has 1 N–H and O–H groups in total. The summed E-state index contributed by atoms with van der Waals surface area (Å²) < 4.78 is 0. The van der Waals surface area contributed by atoms with Crippen LogP contribution in [0.1, 0.15) is 40.0 Å². The van der Waals surface area contributed by atoms with Gasteiger partial charge < -0.3 is 10.2 Å². The third kappa shape index (κ3) is 3.21. The van der Waals surface area contributed by atoms with E-state index < -0.39 is 0 Å². The highest BCUT2D eigenvalue weighted by Crippen LogP contribution is 2.34. The molecule has 0 aromatic rings. The zero-order valence-electron chi connectivity index (χ0n) is 11.2. The van der Waals surface area contributed by atoms with Gasteiger partial charge in [0.05, 0.1) is 0 Å². The van der Waals surface area contributed by atoms with Gasteiger partial charge in [0, 0.05) is 12.6 Å². The summed E-state index contributed by atoms with van der Waals surface area (Å²) in [4.78, 5) is 2.74. The van der Waals surface area contributed by atoms with Crippen molar-refractivity contribution < 1.29 is 0 Å². The highest BCUT2D eigenvalue weighted by Gasteiger charge is 2.34. The SMILES string of the molecule is CC(C)CNCC1CCN(C2CC(C)C2)C1. The first-order chi connectivity index (χ1) is 7.65. The normalized spacial score (nSPS) is 35.6. The second kappa shape index (κ2) is 5.50. The molecule has 1 heterocycles. The maximum Gasteiger partial charge on any atom is 0.0100 e. The lowest BCUT2D eigenvalue weighted by Crippen LogP contribution is -2.43. The molecule has 2 nitrogen and oxygen atoms in total. The van der Waals surface area contributed by atoms with Crippen LogP contribution in [0.4, 0.5) is 0 Å². The predicted octanol–water partition coefficient (Wildman–Crippen LogP) is 2.35. The minimum Gasteiger partial charge on any atom is -0.316 e. The van der Waals surface area contributed by atoms with Gasteiger partial charge in [-0.3, -0.25) is 0 Å². The van der Waals surface area contributed by atoms with Crippen molar-refractivity contribution in [3.63, 3.8) is 0 Å². The average molecular weight is 224 g/mol. The molecule has 2 rings (SSSR count). The van der Waals surface area contributed by atoms with Gasteiger partial charge in [0.1, 0.15) is 0 Å². The fraction of sp³-hybridized carbons (Fsp3) is 1.00. The lowest BCUT2D eigenvalue weighted by Gasteiger charge is -2.39. The number of hydrogen-bond acceptors (Lipinski definition) is 2. The van der Waals surface area contributed by atoms with E-state index in [0.717, 1.165) is 23.8 Å². The van der Waals surface area contributed by atoms with Gasteiger partial charge in [0.25, 0.3) is 0 Å². The third-order valence-corrected chi connectivity index (χ3v) is 4.17. The van der Waals surface area contributed by atoms with E-state index in [4.69, 9.17) is 0 Å². The van der Waals surface area contributed by atoms with Crippen LogP contribution in [0.5, 0.6) is 0 Å². The Morgan fingerprint density at radius 1 is 1.31 bits per heavy atom. The Morgan fingerprint density at radius 2 is 2.06 bits per heavy atom. The minimum absolute atomic E-state index is 0.782. The van der Waals surface area contributed by atoms with Gasteiger partial charge in [-0.1, -0.05) is 20.8 Å². The molecular weight excluding hydrogens is 196 g/mol. The smallest absolute Gasteiger partial charge is 0.0100 e. The molecule has 0 spiro atoms. The number of rotatable bonds is 5. The Bertz CT molecular complexity index is 209. The molecule has 94 valence electrons. The van der Waals surface area contributed by atoms with Crippen LogP contribution in [0, 0.1) is 17.8 Å². The molecule has 0 amide bonds. The van der Waals surface area contributed by atoms with Gasteiger partial charge in [0.2, 0.25) is 0 Å². The van der Waals surface area contributed by atoms with E-state index >= 15 is 0 Å². The van der Waals surface area contributed by atoms with Gasteiger partial charge in [-0.05, 0) is 56.7 Å². The van der Waals surface area contributed by atoms with E-state index in [0.29, 0.717) is 0 Å². The molecule has 0 aromatic carbocycles. The summed E-state index contributed by atoms with van der Waals surface area (Å²) >= 11 is 0. The molecule has 1 unspecified atom stereocenters. The van der Waals surface area contributed by atoms with E-state index in [9.17, 15) is 0 Å². The van der Waals surface area contributed by atoms with Crippen LogP contribution in [0.25, 0.3) is 0 Å². The van der Waals surface area contributed by atoms with Crippen LogP contribution in [-0.4, -0.2) is 37.1 Å². The van der Waals surface area contributed by atoms with Crippen LogP contribution < -0.4 is 5.32 Å². The first-order valence-corrected chi connectivity index (χ1v) is 7.10. The maximum atomic E-state index is 3.60. The van der Waals surface area contributed by atoms with Crippen molar-refractivity contribution in [3.8, 4) is 0 Å². The maximum absolute atomic E-state index is 3.60. The van der Waals surface area contributed by atoms with Gasteiger partial charge in [0.15, 0.2) is 0 Å². The van der Waals surface area contributed by atoms with Crippen molar-refractivity contribution in [2.45, 2.75) is 46.1 Å². The van der Waals surface area contributed by atoms with Crippen molar-refractivity contribution >= 4 is 0 Å². The molecule has 2 heteroatoms. The molecule has 1 saturated carbocycles. The van der Waals surface area contributed by atoms with Crippen molar-refractivity contribution in [1.82, 2.24) is 10.2 Å². The molecule has 1 aliphatic carbocycles. The van der Waals surface area contributed by atoms with Gasteiger partial charge >= 0.3 is 0 Å². The molecule has 2 aliphatic rings. The van der Waals surface area contributed by atoms with E-state index in [1.807, 2.05) is 0 Å². The highest BCUT2D eigenvalue weighted by atomic mass is 15.2. The second-order valence-electron chi connectivity index (χ2n) is 6.43. The van der Waals surface area contributed by atoms with Crippen molar-refractivity contribution in [3.05, 3.63) is 0 Å². The Morgan fingerprint density at radius 3 is 2.69 bits per heavy atom. The van der Waals surface area contributed by atoms with Crippen LogP contribution in [-0.2, 0) is 0 Å². The van der Waals surface area contributed by atoms with Gasteiger partial charge in [-0.15, -0.1) is 0 Å². The topological polar surface area (TPSA) is 15.3 Å². The fourth-order valence-electron chi connectivity index (χ4n) is 3.10. The quantitative estimate of drug-likeness (QED) is 0.771. The average Bonchev–Trinajstić information content (AvgIpc) is 2.61. The molecule has 1 saturated heterocycles. The highest BCUT2D eigenvalue weighted by molar-refractivity contribution is 4.89. The summed E-state index contributed by atoms with van der Waals surface area (Å²) in [7, 11) is 0. The monoisotopic (exact) mass is 224 g/mol. The Balaban J connectivity index is 1.60. The van der Waals surface area contributed by atoms with Crippen molar-refractivity contribution in [2.24, 2.45) is 17.8 Å². The number of nitrogens with zero attached hydrogens (tertiary/aromatic N) is 1. The molecular formula is C14H28N2. The summed E-state index contributed by atoms with van der Waals surface area (Å²) in [5, 5.41) is 3.60. The van der Waals surface area contributed by atoms with E-state index in [2.05, 4.69) is 31.0 Å². The van der Waals surface area contributed by atoms with Crippen LogP contribution in [0.3, 0.4) is 0 Å². The van der Waals surface area contributed by atoms with E-state index in [1.165, 1.54) is 45.4 Å². The van der Waals surface area contributed by atoms with Gasteiger partial charge in [-0.25, -0.2) is 0 Å². The van der Waals surface area contributed by atoms with Crippen molar-refractivity contribution in [1.29, 1.82) is 0 Å². The molecule has 0 aromatic heterocycles. The van der Waals surface area contributed by atoms with Crippen LogP contribution in [0.2, 0.25) is 0 Å². The lowest BCUT2D eigenvalue weighted by atomic mass is 9.81. The lowest BCUT2D eigenvalue weighted by molar-refractivity contribution is 0.106. The largest absolute Gasteiger partial charge is 0.316 e. The Labute approximate surface area is 101 Å². The zero-order valence-corrected chi connectivity index (χ0v) is 11.2. The summed E-state index contributed by atoms with van der Waals surface area (Å²) in [6.45, 7) is 12.1. The summed E-state index contributed by atoms with van der Waals surface area (Å²) in [6, 6.07) is 0.935. The molecule has 2 fully saturated rings. The first kappa shape index (κ1) is 12.4. The molecule has 0 radical (unpaired) electrons. The Hall–Kier alpha value is -0.0800. The fourth-order valence-corrected chi connectivity index (χ4v) is 3.10. The number of hydrogen-bond donors (Lipinski definition) is 1. The summed E-state index contributed by atoms with van der Waals surface area (Å²) in [5.41, 5.74) is 0. The first-order valence-electron chi connectivity index (χ1n) is 7.10. The standard InChI is InChI=1S/C14H28N2/c1-11(2)8-15-9-13-4-5-16(10-13)14-6-12(3)7-14/h11-15H,4-10H2,1-3H3. The molecule has 0 bridgehead atoms. The number of nitrogens with one attached hydrogen (secondary N) is 1. The van der Waals surface area contributed by atoms with Gasteiger partial charge in [-0.2, -0.15) is 0 Å². The van der Waals surface area contributed by atoms with E-state index in [-0.39, 0.29) is 0 Å². The minimum atomic E-state index is 0.782. The zero-order chi connectivity index (χ0) is 11.5. The summed E-state index contributed by atoms with van der Waals surface area (Å²) in [5.74, 6) is 2.68. The number of likely N-dealkylation sites (tertiary alicyclic amines) is 1. The van der Waals surface area contributed by atoms with Crippen molar-refractivity contribution in [2.75, 3.05) is 26.2 Å². The predicted molar refractivity (Wildman–Crippen MR) is 69.6 cm³/mol. The Kier molecular flexibility index (Phi) is 4.26. The second-order valence-corrected chi connectivity index (χ2v) is 6.43.